The molecule has 0 spiro atoms. The average Bonchev–Trinajstić information content (AvgIpc) is 3.86. The van der Waals surface area contributed by atoms with Crippen LogP contribution in [0.1, 0.15) is 0 Å². The lowest BCUT2D eigenvalue weighted by molar-refractivity contribution is 1.18. The fourth-order valence-electron chi connectivity index (χ4n) is 8.30. The van der Waals surface area contributed by atoms with Gasteiger partial charge < -0.3 is 9.13 Å². The number of thiophene rings is 1. The molecule has 0 atom stereocenters. The second kappa shape index (κ2) is 11.0. The van der Waals surface area contributed by atoms with Crippen molar-refractivity contribution in [2.75, 3.05) is 0 Å². The molecule has 0 amide bonds. The number of fused-ring (bicyclic) bond motifs is 10. The summed E-state index contributed by atoms with van der Waals surface area (Å²) in [6.45, 7) is 0. The Labute approximate surface area is 298 Å². The van der Waals surface area contributed by atoms with Crippen LogP contribution in [-0.2, 0) is 0 Å². The summed E-state index contributed by atoms with van der Waals surface area (Å²) in [5.41, 5.74) is 12.1. The van der Waals surface area contributed by atoms with Crippen LogP contribution < -0.4 is 0 Å². The Balaban J connectivity index is 1.17. The Kier molecular flexibility index (Phi) is 6.16. The van der Waals surface area contributed by atoms with Crippen molar-refractivity contribution in [3.05, 3.63) is 182 Å². The highest BCUT2D eigenvalue weighted by Gasteiger charge is 2.22. The van der Waals surface area contributed by atoms with Gasteiger partial charge in [-0.15, -0.1) is 11.3 Å². The molecule has 0 unspecified atom stereocenters. The lowest BCUT2D eigenvalue weighted by Crippen LogP contribution is -1.95. The molecule has 0 saturated carbocycles. The van der Waals surface area contributed by atoms with Crippen LogP contribution in [-0.4, -0.2) is 9.13 Å². The maximum absolute atomic E-state index is 2.49. The first-order valence-electron chi connectivity index (χ1n) is 17.4. The maximum atomic E-state index is 2.49. The lowest BCUT2D eigenvalue weighted by atomic mass is 9.99. The number of rotatable bonds is 4. The molecule has 2 nitrogen and oxygen atoms in total. The van der Waals surface area contributed by atoms with Crippen LogP contribution >= 0.6 is 11.3 Å². The molecule has 51 heavy (non-hydrogen) atoms. The predicted molar refractivity (Wildman–Crippen MR) is 219 cm³/mol. The van der Waals surface area contributed by atoms with Crippen LogP contribution in [0.2, 0.25) is 0 Å². The highest BCUT2D eigenvalue weighted by atomic mass is 32.1. The standard InChI is InChI=1S/C48H30N2S/c1-2-13-31(14-3-1)32-15-10-16-33(29-32)34-17-11-18-35(30-34)49-40-23-7-4-20-38(40)46-42(49)27-28-43-47(46)39-21-5-8-24-41(39)50(43)44-25-12-22-37-36-19-6-9-26-45(36)51-48(37)44/h1-30H. The first-order valence-corrected chi connectivity index (χ1v) is 18.3. The van der Waals surface area contributed by atoms with Crippen LogP contribution in [0.25, 0.3) is 97.4 Å². The van der Waals surface area contributed by atoms with E-state index in [2.05, 4.69) is 191 Å². The van der Waals surface area contributed by atoms with Crippen LogP contribution in [0.15, 0.2) is 182 Å². The number of hydrogen-bond donors (Lipinski definition) is 0. The van der Waals surface area contributed by atoms with Crippen molar-refractivity contribution in [2.24, 2.45) is 0 Å². The summed E-state index contributed by atoms with van der Waals surface area (Å²) in [7, 11) is 0. The molecule has 0 bridgehead atoms. The fourth-order valence-corrected chi connectivity index (χ4v) is 9.50. The van der Waals surface area contributed by atoms with Crippen LogP contribution in [0.4, 0.5) is 0 Å². The van der Waals surface area contributed by atoms with Crippen LogP contribution in [0.5, 0.6) is 0 Å². The van der Waals surface area contributed by atoms with Gasteiger partial charge in [0, 0.05) is 42.7 Å². The topological polar surface area (TPSA) is 9.86 Å². The first-order chi connectivity index (χ1) is 25.3. The van der Waals surface area contributed by atoms with Crippen molar-refractivity contribution in [1.82, 2.24) is 9.13 Å². The largest absolute Gasteiger partial charge is 0.309 e. The van der Waals surface area contributed by atoms with Crippen molar-refractivity contribution in [3.8, 4) is 33.6 Å². The van der Waals surface area contributed by atoms with Gasteiger partial charge in [-0.2, -0.15) is 0 Å². The molecule has 238 valence electrons. The second-order valence-corrected chi connectivity index (χ2v) is 14.4. The molecular weight excluding hydrogens is 637 g/mol. The Morgan fingerprint density at radius 1 is 0.333 bits per heavy atom. The summed E-state index contributed by atoms with van der Waals surface area (Å²) in [6.07, 6.45) is 0. The smallest absolute Gasteiger partial charge is 0.0640 e. The van der Waals surface area contributed by atoms with Gasteiger partial charge in [0.15, 0.2) is 0 Å². The summed E-state index contributed by atoms with van der Waals surface area (Å²) in [6, 6.07) is 66.5. The molecule has 0 radical (unpaired) electrons. The minimum absolute atomic E-state index is 1.15. The zero-order chi connectivity index (χ0) is 33.5. The van der Waals surface area contributed by atoms with Crippen LogP contribution in [0.3, 0.4) is 0 Å². The lowest BCUT2D eigenvalue weighted by Gasteiger charge is -2.12. The summed E-state index contributed by atoms with van der Waals surface area (Å²) in [4.78, 5) is 0. The molecule has 11 rings (SSSR count). The van der Waals surface area contributed by atoms with Gasteiger partial charge in [0.25, 0.3) is 0 Å². The second-order valence-electron chi connectivity index (χ2n) is 13.3. The third-order valence-electron chi connectivity index (χ3n) is 10.5. The monoisotopic (exact) mass is 666 g/mol. The highest BCUT2D eigenvalue weighted by Crippen LogP contribution is 2.45. The summed E-state index contributed by atoms with van der Waals surface area (Å²) >= 11 is 1.89. The Hall–Kier alpha value is -6.42. The van der Waals surface area contributed by atoms with E-state index in [9.17, 15) is 0 Å². The van der Waals surface area contributed by atoms with Crippen LogP contribution in [0, 0.1) is 0 Å². The number of nitrogens with zero attached hydrogens (tertiary/aromatic N) is 2. The predicted octanol–water partition coefficient (Wildman–Crippen LogP) is 13.6. The van der Waals surface area contributed by atoms with E-state index in [1.54, 1.807) is 0 Å². The molecule has 11 aromatic rings. The maximum Gasteiger partial charge on any atom is 0.0640 e. The number of aromatic nitrogens is 2. The number of benzene rings is 8. The SMILES string of the molecule is c1ccc(-c2cccc(-c3cccc(-n4c5ccccc5c5c6c7ccccc7n(-c7cccc8c7sc7ccccc78)c6ccc54)c3)c2)cc1. The van der Waals surface area contributed by atoms with E-state index in [-0.39, 0.29) is 0 Å². The van der Waals surface area contributed by atoms with E-state index in [0.717, 1.165) is 5.69 Å². The van der Waals surface area contributed by atoms with Gasteiger partial charge in [-0.05, 0) is 76.9 Å². The van der Waals surface area contributed by atoms with Gasteiger partial charge in [-0.1, -0.05) is 127 Å². The Morgan fingerprint density at radius 3 is 1.63 bits per heavy atom. The molecule has 3 heterocycles. The van der Waals surface area contributed by atoms with Gasteiger partial charge in [-0.3, -0.25) is 0 Å². The molecule has 3 heteroatoms. The van der Waals surface area contributed by atoms with Crippen molar-refractivity contribution in [3.63, 3.8) is 0 Å². The van der Waals surface area contributed by atoms with Gasteiger partial charge >= 0.3 is 0 Å². The van der Waals surface area contributed by atoms with E-state index < -0.39 is 0 Å². The quantitative estimate of drug-likeness (QED) is 0.177. The summed E-state index contributed by atoms with van der Waals surface area (Å²) in [5.74, 6) is 0. The zero-order valence-corrected chi connectivity index (χ0v) is 28.4. The highest BCUT2D eigenvalue weighted by molar-refractivity contribution is 7.26. The minimum atomic E-state index is 1.15. The number of para-hydroxylation sites is 2. The molecule has 0 N–H and O–H groups in total. The third-order valence-corrected chi connectivity index (χ3v) is 11.7. The summed E-state index contributed by atoms with van der Waals surface area (Å²) < 4.78 is 7.58. The van der Waals surface area contributed by atoms with Crippen molar-refractivity contribution in [1.29, 1.82) is 0 Å². The van der Waals surface area contributed by atoms with Crippen molar-refractivity contribution >= 4 is 75.1 Å². The van der Waals surface area contributed by atoms with Gasteiger partial charge in [0.2, 0.25) is 0 Å². The Morgan fingerprint density at radius 2 is 0.863 bits per heavy atom. The molecule has 0 aliphatic carbocycles. The van der Waals surface area contributed by atoms with Gasteiger partial charge in [0.1, 0.15) is 0 Å². The molecular formula is C48H30N2S. The van der Waals surface area contributed by atoms with E-state index in [0.29, 0.717) is 0 Å². The molecule has 0 saturated heterocycles. The van der Waals surface area contributed by atoms with Gasteiger partial charge in [0.05, 0.1) is 32.5 Å². The van der Waals surface area contributed by atoms with E-state index >= 15 is 0 Å². The van der Waals surface area contributed by atoms with Crippen molar-refractivity contribution < 1.29 is 0 Å². The fraction of sp³-hybridized carbons (Fsp3) is 0. The first kappa shape index (κ1) is 28.4. The normalized spacial score (nSPS) is 11.9. The van der Waals surface area contributed by atoms with Gasteiger partial charge in [-0.25, -0.2) is 0 Å². The zero-order valence-electron chi connectivity index (χ0n) is 27.6. The van der Waals surface area contributed by atoms with E-state index in [4.69, 9.17) is 0 Å². The number of hydrogen-bond acceptors (Lipinski definition) is 1. The molecule has 0 fully saturated rings. The van der Waals surface area contributed by atoms with Crippen molar-refractivity contribution in [2.45, 2.75) is 0 Å². The average molecular weight is 667 g/mol. The van der Waals surface area contributed by atoms with E-state index in [1.807, 2.05) is 11.3 Å². The molecule has 0 aliphatic rings. The molecule has 8 aromatic carbocycles. The summed E-state index contributed by atoms with van der Waals surface area (Å²) in [5, 5.41) is 7.74. The molecule has 3 aromatic heterocycles. The Bertz CT molecular complexity index is 3140. The van der Waals surface area contributed by atoms with E-state index in [1.165, 1.54) is 91.7 Å². The molecule has 0 aliphatic heterocycles. The minimum Gasteiger partial charge on any atom is -0.309 e. The third kappa shape index (κ3) is 4.22.